The van der Waals surface area contributed by atoms with Crippen LogP contribution < -0.4 is 5.43 Å². The van der Waals surface area contributed by atoms with Gasteiger partial charge in [-0.15, -0.1) is 0 Å². The predicted molar refractivity (Wildman–Crippen MR) is 58.9 cm³/mol. The first-order chi connectivity index (χ1) is 7.91. The Morgan fingerprint density at radius 2 is 1.94 bits per heavy atom. The van der Waals surface area contributed by atoms with E-state index >= 15 is 0 Å². The van der Waals surface area contributed by atoms with Gasteiger partial charge in [-0.25, -0.2) is 0 Å². The van der Waals surface area contributed by atoms with E-state index in [0.717, 1.165) is 5.56 Å². The van der Waals surface area contributed by atoms with E-state index < -0.39 is 17.3 Å². The number of H-pyrrole nitrogens is 1. The summed E-state index contributed by atoms with van der Waals surface area (Å²) in [6.07, 6.45) is -3.83. The van der Waals surface area contributed by atoms with Gasteiger partial charge in [-0.2, -0.15) is 13.2 Å². The number of benzene rings is 1. The number of hydrogen-bond donors (Lipinski definition) is 1. The molecule has 0 saturated heterocycles. The molecule has 0 spiro atoms. The standard InChI is InChI=1S/C12H10F3NO/c1-2-7-3-4-8-9(5-7)16-11(6-10(8)17)12(13,14)15/h3-6H,2H2,1H3,(H,16,17). The average Bonchev–Trinajstić information content (AvgIpc) is 2.27. The zero-order valence-electron chi connectivity index (χ0n) is 9.06. The van der Waals surface area contributed by atoms with Crippen LogP contribution in [0, 0.1) is 0 Å². The van der Waals surface area contributed by atoms with Gasteiger partial charge in [0.05, 0.1) is 0 Å². The summed E-state index contributed by atoms with van der Waals surface area (Å²) in [5.74, 6) is 0. The molecule has 2 nitrogen and oxygen atoms in total. The lowest BCUT2D eigenvalue weighted by atomic mass is 10.1. The normalized spacial score (nSPS) is 12.0. The highest BCUT2D eigenvalue weighted by Crippen LogP contribution is 2.27. The molecule has 0 amide bonds. The van der Waals surface area contributed by atoms with Gasteiger partial charge in [0.15, 0.2) is 5.43 Å². The van der Waals surface area contributed by atoms with Crippen LogP contribution in [0.5, 0.6) is 0 Å². The SMILES string of the molecule is CCc1ccc2c(=O)cc(C(F)(F)F)[nH]c2c1. The molecule has 1 aromatic heterocycles. The van der Waals surface area contributed by atoms with Crippen LogP contribution in [0.2, 0.25) is 0 Å². The van der Waals surface area contributed by atoms with Gasteiger partial charge in [0.1, 0.15) is 5.69 Å². The van der Waals surface area contributed by atoms with E-state index in [4.69, 9.17) is 0 Å². The Balaban J connectivity index is 2.75. The summed E-state index contributed by atoms with van der Waals surface area (Å²) in [6.45, 7) is 1.90. The second-order valence-electron chi connectivity index (χ2n) is 3.78. The number of aromatic amines is 1. The van der Waals surface area contributed by atoms with Gasteiger partial charge in [-0.3, -0.25) is 4.79 Å². The fourth-order valence-electron chi connectivity index (χ4n) is 1.67. The molecule has 0 aliphatic rings. The highest BCUT2D eigenvalue weighted by molar-refractivity contribution is 5.79. The average molecular weight is 241 g/mol. The third-order valence-electron chi connectivity index (χ3n) is 2.61. The molecule has 2 aromatic rings. The van der Waals surface area contributed by atoms with Crippen LogP contribution in [0.15, 0.2) is 29.1 Å². The van der Waals surface area contributed by atoms with Gasteiger partial charge < -0.3 is 4.98 Å². The van der Waals surface area contributed by atoms with Crippen LogP contribution in [0.4, 0.5) is 13.2 Å². The summed E-state index contributed by atoms with van der Waals surface area (Å²) in [7, 11) is 0. The Bertz CT molecular complexity index is 613. The number of halogens is 3. The van der Waals surface area contributed by atoms with Crippen LogP contribution in [0.25, 0.3) is 10.9 Å². The van der Waals surface area contributed by atoms with Crippen molar-refractivity contribution in [3.05, 3.63) is 45.7 Å². The minimum atomic E-state index is -4.53. The van der Waals surface area contributed by atoms with Gasteiger partial charge in [0, 0.05) is 17.0 Å². The Morgan fingerprint density at radius 3 is 2.53 bits per heavy atom. The minimum absolute atomic E-state index is 0.226. The molecule has 0 bridgehead atoms. The summed E-state index contributed by atoms with van der Waals surface area (Å²) < 4.78 is 37.5. The van der Waals surface area contributed by atoms with Gasteiger partial charge in [0.25, 0.3) is 0 Å². The number of hydrogen-bond acceptors (Lipinski definition) is 1. The summed E-state index contributed by atoms with van der Waals surface area (Å²) >= 11 is 0. The van der Waals surface area contributed by atoms with E-state index in [1.54, 1.807) is 18.2 Å². The van der Waals surface area contributed by atoms with Crippen molar-refractivity contribution in [2.45, 2.75) is 19.5 Å². The lowest BCUT2D eigenvalue weighted by molar-refractivity contribution is -0.141. The van der Waals surface area contributed by atoms with E-state index in [2.05, 4.69) is 4.98 Å². The van der Waals surface area contributed by atoms with E-state index in [-0.39, 0.29) is 10.9 Å². The predicted octanol–water partition coefficient (Wildman–Crippen LogP) is 3.11. The number of nitrogens with one attached hydrogen (secondary N) is 1. The summed E-state index contributed by atoms with van der Waals surface area (Å²) in [5.41, 5.74) is -0.520. The number of fused-ring (bicyclic) bond motifs is 1. The van der Waals surface area contributed by atoms with Crippen molar-refractivity contribution in [3.63, 3.8) is 0 Å². The van der Waals surface area contributed by atoms with Gasteiger partial charge in [-0.1, -0.05) is 13.0 Å². The maximum atomic E-state index is 12.5. The fourth-order valence-corrected chi connectivity index (χ4v) is 1.67. The molecule has 0 aliphatic heterocycles. The van der Waals surface area contributed by atoms with Crippen LogP contribution >= 0.6 is 0 Å². The van der Waals surface area contributed by atoms with E-state index in [1.165, 1.54) is 0 Å². The quantitative estimate of drug-likeness (QED) is 0.817. The largest absolute Gasteiger partial charge is 0.431 e. The number of rotatable bonds is 1. The summed E-state index contributed by atoms with van der Waals surface area (Å²) in [5, 5.41) is 0.273. The Morgan fingerprint density at radius 1 is 1.24 bits per heavy atom. The van der Waals surface area contributed by atoms with Gasteiger partial charge in [-0.05, 0) is 24.1 Å². The molecule has 0 radical (unpaired) electrons. The third kappa shape index (κ3) is 2.18. The number of pyridine rings is 1. The van der Waals surface area contributed by atoms with Crippen molar-refractivity contribution < 1.29 is 13.2 Å². The Hall–Kier alpha value is -1.78. The number of aryl methyl sites for hydroxylation is 1. The van der Waals surface area contributed by atoms with Crippen molar-refractivity contribution in [1.82, 2.24) is 4.98 Å². The third-order valence-corrected chi connectivity index (χ3v) is 2.61. The lowest BCUT2D eigenvalue weighted by Crippen LogP contribution is -2.13. The molecule has 0 atom stereocenters. The molecule has 90 valence electrons. The molecule has 2 rings (SSSR count). The molecule has 5 heteroatoms. The van der Waals surface area contributed by atoms with Crippen LogP contribution in [0.3, 0.4) is 0 Å². The first-order valence-corrected chi connectivity index (χ1v) is 5.15. The maximum absolute atomic E-state index is 12.5. The van der Waals surface area contributed by atoms with Crippen LogP contribution in [-0.4, -0.2) is 4.98 Å². The zero-order valence-corrected chi connectivity index (χ0v) is 9.06. The van der Waals surface area contributed by atoms with Crippen LogP contribution in [0.1, 0.15) is 18.2 Å². The summed E-state index contributed by atoms with van der Waals surface area (Å²) in [4.78, 5) is 13.8. The molecule has 0 saturated carbocycles. The number of alkyl halides is 3. The van der Waals surface area contributed by atoms with E-state index in [9.17, 15) is 18.0 Å². The second kappa shape index (κ2) is 3.91. The monoisotopic (exact) mass is 241 g/mol. The topological polar surface area (TPSA) is 32.9 Å². The number of aromatic nitrogens is 1. The molecular weight excluding hydrogens is 231 g/mol. The Kier molecular flexibility index (Phi) is 2.69. The molecule has 0 unspecified atom stereocenters. The van der Waals surface area contributed by atoms with Crippen molar-refractivity contribution in [2.75, 3.05) is 0 Å². The molecule has 0 aliphatic carbocycles. The molecular formula is C12H10F3NO. The zero-order chi connectivity index (χ0) is 12.6. The Labute approximate surface area is 95.1 Å². The fraction of sp³-hybridized carbons (Fsp3) is 0.250. The van der Waals surface area contributed by atoms with Crippen LogP contribution in [-0.2, 0) is 12.6 Å². The molecule has 17 heavy (non-hydrogen) atoms. The summed E-state index contributed by atoms with van der Waals surface area (Å²) in [6, 6.07) is 5.46. The molecule has 1 heterocycles. The maximum Gasteiger partial charge on any atom is 0.431 e. The smallest absolute Gasteiger partial charge is 0.351 e. The molecule has 0 fully saturated rings. The van der Waals surface area contributed by atoms with Gasteiger partial charge in [0.2, 0.25) is 0 Å². The minimum Gasteiger partial charge on any atom is -0.351 e. The lowest BCUT2D eigenvalue weighted by Gasteiger charge is -2.08. The van der Waals surface area contributed by atoms with Crippen molar-refractivity contribution >= 4 is 10.9 Å². The highest BCUT2D eigenvalue weighted by atomic mass is 19.4. The molecule has 1 aromatic carbocycles. The van der Waals surface area contributed by atoms with Crippen molar-refractivity contribution in [1.29, 1.82) is 0 Å². The van der Waals surface area contributed by atoms with E-state index in [1.807, 2.05) is 6.92 Å². The van der Waals surface area contributed by atoms with Crippen molar-refractivity contribution in [2.24, 2.45) is 0 Å². The molecule has 1 N–H and O–H groups in total. The van der Waals surface area contributed by atoms with E-state index in [0.29, 0.717) is 12.5 Å². The first kappa shape index (κ1) is 11.7. The second-order valence-corrected chi connectivity index (χ2v) is 3.78. The first-order valence-electron chi connectivity index (χ1n) is 5.15. The highest BCUT2D eigenvalue weighted by Gasteiger charge is 2.32. The van der Waals surface area contributed by atoms with Crippen molar-refractivity contribution in [3.8, 4) is 0 Å². The van der Waals surface area contributed by atoms with Gasteiger partial charge >= 0.3 is 6.18 Å².